The summed E-state index contributed by atoms with van der Waals surface area (Å²) in [4.78, 5) is 28.2. The van der Waals surface area contributed by atoms with Gasteiger partial charge in [-0.1, -0.05) is 43.2 Å². The standard InChI is InChI=1S/C19H21N3O.2CH2O/c1-3-4-12-23-19-16(6-5-11-20-19)18-21-13-17(22-18)15-9-7-14(2)8-10-15;2*1-2/h5-11,13H,3-4,12H2,1-2H3,(H,21,22);2*1H2. The Kier molecular flexibility index (Phi) is 9.78. The third-order valence-electron chi connectivity index (χ3n) is 3.70. The summed E-state index contributed by atoms with van der Waals surface area (Å²) in [5.41, 5.74) is 4.24. The highest BCUT2D eigenvalue weighted by Crippen LogP contribution is 2.28. The molecular formula is C21H25N3O3. The summed E-state index contributed by atoms with van der Waals surface area (Å²) in [6.07, 6.45) is 5.71. The van der Waals surface area contributed by atoms with Gasteiger partial charge in [0.25, 0.3) is 0 Å². The van der Waals surface area contributed by atoms with Crippen LogP contribution in [-0.4, -0.2) is 35.1 Å². The molecule has 0 saturated heterocycles. The van der Waals surface area contributed by atoms with Crippen molar-refractivity contribution in [2.75, 3.05) is 6.61 Å². The molecule has 3 aromatic rings. The molecule has 3 rings (SSSR count). The molecule has 1 N–H and O–H groups in total. The van der Waals surface area contributed by atoms with Crippen LogP contribution in [0.2, 0.25) is 0 Å². The molecule has 0 aliphatic heterocycles. The van der Waals surface area contributed by atoms with Crippen LogP contribution in [0.15, 0.2) is 48.8 Å². The van der Waals surface area contributed by atoms with Gasteiger partial charge in [-0.15, -0.1) is 0 Å². The maximum Gasteiger partial charge on any atom is 0.224 e. The number of ether oxygens (including phenoxy) is 1. The summed E-state index contributed by atoms with van der Waals surface area (Å²) in [5, 5.41) is 0. The summed E-state index contributed by atoms with van der Waals surface area (Å²) >= 11 is 0. The second-order valence-corrected chi connectivity index (χ2v) is 5.57. The zero-order chi connectivity index (χ0) is 20.1. The van der Waals surface area contributed by atoms with E-state index in [4.69, 9.17) is 14.3 Å². The van der Waals surface area contributed by atoms with Gasteiger partial charge in [0.05, 0.1) is 24.1 Å². The topological polar surface area (TPSA) is 84.9 Å². The Morgan fingerprint density at radius 1 is 1.04 bits per heavy atom. The SMILES string of the molecule is C=O.C=O.CCCCOc1ncccc1-c1ncc(-c2ccc(C)cc2)[nH]1. The Morgan fingerprint density at radius 3 is 2.41 bits per heavy atom. The van der Waals surface area contributed by atoms with Crippen molar-refractivity contribution in [3.63, 3.8) is 0 Å². The van der Waals surface area contributed by atoms with Crippen molar-refractivity contribution < 1.29 is 14.3 Å². The lowest BCUT2D eigenvalue weighted by Gasteiger charge is -2.08. The largest absolute Gasteiger partial charge is 0.477 e. The first-order valence-corrected chi connectivity index (χ1v) is 8.56. The number of carbonyl (C=O) groups excluding carboxylic acids is 2. The number of benzene rings is 1. The van der Waals surface area contributed by atoms with Gasteiger partial charge in [0.15, 0.2) is 0 Å². The number of nitrogens with one attached hydrogen (secondary N) is 1. The van der Waals surface area contributed by atoms with Crippen LogP contribution >= 0.6 is 0 Å². The maximum atomic E-state index is 8.00. The molecular weight excluding hydrogens is 342 g/mol. The molecule has 0 radical (unpaired) electrons. The highest BCUT2D eigenvalue weighted by Gasteiger charge is 2.11. The van der Waals surface area contributed by atoms with Crippen LogP contribution in [0, 0.1) is 6.92 Å². The van der Waals surface area contributed by atoms with E-state index in [1.165, 1.54) is 5.56 Å². The van der Waals surface area contributed by atoms with Gasteiger partial charge in [-0.3, -0.25) is 0 Å². The number of carbonyl (C=O) groups is 2. The van der Waals surface area contributed by atoms with Gasteiger partial charge in [-0.25, -0.2) is 9.97 Å². The van der Waals surface area contributed by atoms with Gasteiger partial charge in [0, 0.05) is 6.20 Å². The maximum absolute atomic E-state index is 8.00. The Balaban J connectivity index is 0.000000855. The minimum absolute atomic E-state index is 0.630. The van der Waals surface area contributed by atoms with Crippen LogP contribution in [0.5, 0.6) is 5.88 Å². The molecule has 0 atom stereocenters. The summed E-state index contributed by atoms with van der Waals surface area (Å²) in [7, 11) is 0. The highest BCUT2D eigenvalue weighted by atomic mass is 16.5. The van der Waals surface area contributed by atoms with Crippen molar-refractivity contribution in [1.29, 1.82) is 0 Å². The van der Waals surface area contributed by atoms with Gasteiger partial charge >= 0.3 is 0 Å². The summed E-state index contributed by atoms with van der Waals surface area (Å²) in [6.45, 7) is 8.90. The van der Waals surface area contributed by atoms with Gasteiger partial charge in [0.1, 0.15) is 19.4 Å². The van der Waals surface area contributed by atoms with E-state index in [0.29, 0.717) is 12.5 Å². The number of hydrogen-bond acceptors (Lipinski definition) is 5. The number of aromatic amines is 1. The number of aromatic nitrogens is 3. The van der Waals surface area contributed by atoms with E-state index in [-0.39, 0.29) is 0 Å². The fraction of sp³-hybridized carbons (Fsp3) is 0.238. The van der Waals surface area contributed by atoms with E-state index >= 15 is 0 Å². The number of pyridine rings is 1. The summed E-state index contributed by atoms with van der Waals surface area (Å²) < 4.78 is 5.79. The van der Waals surface area contributed by atoms with Gasteiger partial charge in [-0.2, -0.15) is 0 Å². The third kappa shape index (κ3) is 6.18. The molecule has 0 bridgehead atoms. The number of rotatable bonds is 6. The van der Waals surface area contributed by atoms with Crippen LogP contribution in [0.25, 0.3) is 22.6 Å². The molecule has 2 aromatic heterocycles. The molecule has 0 spiro atoms. The predicted octanol–water partition coefficient (Wildman–Crippen LogP) is 4.26. The molecule has 0 fully saturated rings. The first-order valence-electron chi connectivity index (χ1n) is 8.56. The minimum Gasteiger partial charge on any atom is -0.477 e. The van der Waals surface area contributed by atoms with Crippen molar-refractivity contribution in [1.82, 2.24) is 15.0 Å². The van der Waals surface area contributed by atoms with E-state index in [1.807, 2.05) is 31.9 Å². The fourth-order valence-electron chi connectivity index (χ4n) is 2.34. The van der Waals surface area contributed by atoms with Gasteiger partial charge in [-0.05, 0) is 31.0 Å². The zero-order valence-corrected chi connectivity index (χ0v) is 15.8. The van der Waals surface area contributed by atoms with Crippen molar-refractivity contribution in [2.45, 2.75) is 26.7 Å². The first-order chi connectivity index (χ1) is 13.3. The quantitative estimate of drug-likeness (QED) is 0.658. The Morgan fingerprint density at radius 2 is 1.74 bits per heavy atom. The number of imidazole rings is 1. The van der Waals surface area contributed by atoms with Crippen LogP contribution in [-0.2, 0) is 9.59 Å². The van der Waals surface area contributed by atoms with Crippen molar-refractivity contribution in [3.05, 3.63) is 54.4 Å². The zero-order valence-electron chi connectivity index (χ0n) is 15.8. The number of aryl methyl sites for hydroxylation is 1. The molecule has 0 saturated carbocycles. The fourth-order valence-corrected chi connectivity index (χ4v) is 2.34. The summed E-state index contributed by atoms with van der Waals surface area (Å²) in [5.74, 6) is 1.41. The molecule has 0 aliphatic rings. The molecule has 0 aliphatic carbocycles. The molecule has 6 nitrogen and oxygen atoms in total. The van der Waals surface area contributed by atoms with Crippen molar-refractivity contribution in [3.8, 4) is 28.5 Å². The lowest BCUT2D eigenvalue weighted by atomic mass is 10.1. The molecule has 6 heteroatoms. The van der Waals surface area contributed by atoms with E-state index in [9.17, 15) is 0 Å². The first kappa shape index (κ1) is 21.8. The van der Waals surface area contributed by atoms with Gasteiger partial charge in [0.2, 0.25) is 5.88 Å². The lowest BCUT2D eigenvalue weighted by molar-refractivity contribution is -0.0987. The van der Waals surface area contributed by atoms with Crippen molar-refractivity contribution in [2.24, 2.45) is 0 Å². The average Bonchev–Trinajstić information content (AvgIpc) is 3.22. The Hall–Kier alpha value is -3.28. The lowest BCUT2D eigenvalue weighted by Crippen LogP contribution is -2.00. The minimum atomic E-state index is 0.630. The van der Waals surface area contributed by atoms with E-state index in [2.05, 4.69) is 53.1 Å². The molecule has 2 heterocycles. The summed E-state index contributed by atoms with van der Waals surface area (Å²) in [6, 6.07) is 12.3. The van der Waals surface area contributed by atoms with E-state index < -0.39 is 0 Å². The van der Waals surface area contributed by atoms with E-state index in [1.54, 1.807) is 6.20 Å². The third-order valence-corrected chi connectivity index (χ3v) is 3.70. The van der Waals surface area contributed by atoms with Gasteiger partial charge < -0.3 is 19.3 Å². The van der Waals surface area contributed by atoms with Crippen LogP contribution in [0.3, 0.4) is 0 Å². The average molecular weight is 367 g/mol. The predicted molar refractivity (Wildman–Crippen MR) is 107 cm³/mol. The number of H-pyrrole nitrogens is 1. The Labute approximate surface area is 159 Å². The second-order valence-electron chi connectivity index (χ2n) is 5.57. The number of hydrogen-bond donors (Lipinski definition) is 1. The number of unbranched alkanes of at least 4 members (excludes halogenated alkanes) is 1. The van der Waals surface area contributed by atoms with Crippen LogP contribution in [0.1, 0.15) is 25.3 Å². The molecule has 0 unspecified atom stereocenters. The molecule has 1 aromatic carbocycles. The Bertz CT molecular complexity index is 798. The normalized spacial score (nSPS) is 9.41. The van der Waals surface area contributed by atoms with Crippen LogP contribution < -0.4 is 4.74 Å². The highest BCUT2D eigenvalue weighted by molar-refractivity contribution is 5.67. The smallest absolute Gasteiger partial charge is 0.224 e. The van der Waals surface area contributed by atoms with E-state index in [0.717, 1.165) is 35.5 Å². The monoisotopic (exact) mass is 367 g/mol. The van der Waals surface area contributed by atoms with Crippen LogP contribution in [0.4, 0.5) is 0 Å². The molecule has 0 amide bonds. The van der Waals surface area contributed by atoms with Crippen molar-refractivity contribution >= 4 is 13.6 Å². The second kappa shape index (κ2) is 12.1. The molecule has 27 heavy (non-hydrogen) atoms. The molecule has 142 valence electrons. The number of nitrogens with zero attached hydrogens (tertiary/aromatic N) is 2.